The Morgan fingerprint density at radius 3 is 2.02 bits per heavy atom. The number of carbonyl (C=O) groups excluding carboxylic acids is 3. The molecule has 0 unspecified atom stereocenters. The number of rotatable bonds is 8. The molecule has 3 aliphatic rings. The molecule has 1 N–H and O–H groups in total. The third-order valence-corrected chi connectivity index (χ3v) is 11.1. The first kappa shape index (κ1) is 34.1. The number of carbonyl (C=O) groups is 3. The number of urea groups is 1. The zero-order chi connectivity index (χ0) is 37.5. The highest BCUT2D eigenvalue weighted by Crippen LogP contribution is 2.50. The molecule has 55 heavy (non-hydrogen) atoms. The maximum Gasteiger partial charge on any atom is 0.335 e. The van der Waals surface area contributed by atoms with Gasteiger partial charge in [0, 0.05) is 30.6 Å². The van der Waals surface area contributed by atoms with Crippen LogP contribution in [0.2, 0.25) is 0 Å². The van der Waals surface area contributed by atoms with Crippen LogP contribution in [0.3, 0.4) is 0 Å². The van der Waals surface area contributed by atoms with Gasteiger partial charge in [-0.25, -0.2) is 9.69 Å². The van der Waals surface area contributed by atoms with Crippen molar-refractivity contribution in [3.8, 4) is 11.5 Å². The lowest BCUT2D eigenvalue weighted by molar-refractivity contribution is -0.122. The summed E-state index contributed by atoms with van der Waals surface area (Å²) < 4.78 is 11.9. The molecular weight excluding hydrogens is 687 g/mol. The minimum Gasteiger partial charge on any atom is -0.493 e. The van der Waals surface area contributed by atoms with Gasteiger partial charge in [-0.3, -0.25) is 14.9 Å². The second-order valence-corrected chi connectivity index (χ2v) is 14.3. The van der Waals surface area contributed by atoms with Crippen molar-refractivity contribution in [3.05, 3.63) is 172 Å². The molecule has 0 spiro atoms. The topological polar surface area (TPSA) is 88.2 Å². The molecule has 0 radical (unpaired) electrons. The molecule has 9 rings (SSSR count). The Kier molecular flexibility index (Phi) is 8.86. The lowest BCUT2D eigenvalue weighted by atomic mass is 9.76. The van der Waals surface area contributed by atoms with Crippen molar-refractivity contribution in [3.63, 3.8) is 0 Å². The summed E-state index contributed by atoms with van der Waals surface area (Å²) in [4.78, 5) is 45.0. The number of imide groups is 2. The first-order chi connectivity index (χ1) is 27.0. The number of anilines is 2. The average molecular weight is 726 g/mol. The molecule has 4 amide bonds. The molecule has 6 aromatic rings. The van der Waals surface area contributed by atoms with E-state index in [2.05, 4.69) is 52.7 Å². The molecule has 1 saturated heterocycles. The Bertz CT molecular complexity index is 2420. The van der Waals surface area contributed by atoms with Crippen molar-refractivity contribution < 1.29 is 23.9 Å². The number of amides is 4. The largest absolute Gasteiger partial charge is 0.493 e. The van der Waals surface area contributed by atoms with Crippen molar-refractivity contribution >= 4 is 46.1 Å². The molecule has 1 fully saturated rings. The first-order valence-electron chi connectivity index (χ1n) is 18.7. The molecule has 0 saturated carbocycles. The number of fused-ring (bicyclic) bond motifs is 1. The predicted molar refractivity (Wildman–Crippen MR) is 215 cm³/mol. The Morgan fingerprint density at radius 1 is 0.709 bits per heavy atom. The van der Waals surface area contributed by atoms with Crippen LogP contribution in [0.4, 0.5) is 16.2 Å². The number of barbiturate groups is 1. The van der Waals surface area contributed by atoms with E-state index < -0.39 is 17.8 Å². The van der Waals surface area contributed by atoms with E-state index in [1.165, 1.54) is 22.9 Å². The number of ether oxygens (including phenoxy) is 2. The number of benzene rings is 6. The van der Waals surface area contributed by atoms with E-state index in [1.807, 2.05) is 72.8 Å². The summed E-state index contributed by atoms with van der Waals surface area (Å²) in [5, 5.41) is 4.68. The first-order valence-corrected chi connectivity index (χ1v) is 18.7. The fraction of sp³-hybridized carbons (Fsp3) is 0.170. The summed E-state index contributed by atoms with van der Waals surface area (Å²) in [7, 11) is 1.55. The third kappa shape index (κ3) is 6.29. The second-order valence-electron chi connectivity index (χ2n) is 14.3. The molecule has 0 aliphatic carbocycles. The van der Waals surface area contributed by atoms with Crippen LogP contribution in [-0.2, 0) is 16.2 Å². The van der Waals surface area contributed by atoms with Gasteiger partial charge in [-0.2, -0.15) is 0 Å². The number of nitrogens with zero attached hydrogens (tertiary/aromatic N) is 2. The van der Waals surface area contributed by atoms with Crippen molar-refractivity contribution in [1.29, 1.82) is 0 Å². The summed E-state index contributed by atoms with van der Waals surface area (Å²) >= 11 is 0. The number of methoxy groups -OCH3 is 1. The van der Waals surface area contributed by atoms with E-state index in [0.29, 0.717) is 29.4 Å². The van der Waals surface area contributed by atoms with Gasteiger partial charge in [-0.15, -0.1) is 0 Å². The Labute approximate surface area is 319 Å². The highest BCUT2D eigenvalue weighted by Gasteiger charge is 2.40. The minimum absolute atomic E-state index is 0.0779. The summed E-state index contributed by atoms with van der Waals surface area (Å²) in [5.74, 6) is -0.318. The Balaban J connectivity index is 1.07. The molecule has 3 heterocycles. The van der Waals surface area contributed by atoms with Crippen LogP contribution in [-0.4, -0.2) is 38.0 Å². The molecular formula is C47H39N3O5. The number of hydrogen-bond donors (Lipinski definition) is 1. The van der Waals surface area contributed by atoms with Gasteiger partial charge in [-0.05, 0) is 87.3 Å². The summed E-state index contributed by atoms with van der Waals surface area (Å²) in [6.07, 6.45) is 3.31. The van der Waals surface area contributed by atoms with E-state index >= 15 is 0 Å². The molecule has 3 aliphatic heterocycles. The van der Waals surface area contributed by atoms with Gasteiger partial charge in [0.1, 0.15) is 12.2 Å². The van der Waals surface area contributed by atoms with Crippen molar-refractivity contribution in [2.24, 2.45) is 0 Å². The van der Waals surface area contributed by atoms with Gasteiger partial charge in [0.15, 0.2) is 11.5 Å². The SMILES string of the molecule is COc1cc(/C=C2\C(=O)NC(=O)N(c3cc4c5c(c3)[C@@H](c3ccccc3)CCN5CC[C@@H]4c3ccccc3)C2=O)ccc1OCc1cccc2ccccc12. The molecule has 8 heteroatoms. The van der Waals surface area contributed by atoms with E-state index in [0.717, 1.165) is 58.3 Å². The van der Waals surface area contributed by atoms with Crippen LogP contribution in [0.25, 0.3) is 16.8 Å². The smallest absolute Gasteiger partial charge is 0.335 e. The Morgan fingerprint density at radius 2 is 1.35 bits per heavy atom. The molecule has 6 aromatic carbocycles. The van der Waals surface area contributed by atoms with Crippen LogP contribution in [0.5, 0.6) is 11.5 Å². The van der Waals surface area contributed by atoms with Gasteiger partial charge in [0.05, 0.1) is 12.8 Å². The van der Waals surface area contributed by atoms with E-state index in [9.17, 15) is 14.4 Å². The lowest BCUT2D eigenvalue weighted by Gasteiger charge is -2.44. The monoisotopic (exact) mass is 725 g/mol. The van der Waals surface area contributed by atoms with Gasteiger partial charge in [-0.1, -0.05) is 109 Å². The predicted octanol–water partition coefficient (Wildman–Crippen LogP) is 8.97. The zero-order valence-corrected chi connectivity index (χ0v) is 30.4. The van der Waals surface area contributed by atoms with Crippen molar-refractivity contribution in [2.45, 2.75) is 31.3 Å². The second kappa shape index (κ2) is 14.3. The molecule has 2 atom stereocenters. The van der Waals surface area contributed by atoms with Gasteiger partial charge in [0.2, 0.25) is 0 Å². The maximum absolute atomic E-state index is 14.4. The fourth-order valence-electron chi connectivity index (χ4n) is 8.49. The summed E-state index contributed by atoms with van der Waals surface area (Å²) in [5.41, 5.74) is 7.58. The minimum atomic E-state index is -0.773. The van der Waals surface area contributed by atoms with Crippen molar-refractivity contribution in [2.75, 3.05) is 30.0 Å². The Hall–Kier alpha value is -6.67. The van der Waals surface area contributed by atoms with Gasteiger partial charge < -0.3 is 14.4 Å². The van der Waals surface area contributed by atoms with E-state index in [1.54, 1.807) is 25.3 Å². The molecule has 8 nitrogen and oxygen atoms in total. The normalized spacial score (nSPS) is 18.6. The lowest BCUT2D eigenvalue weighted by Crippen LogP contribution is -2.54. The van der Waals surface area contributed by atoms with Crippen LogP contribution >= 0.6 is 0 Å². The number of hydrogen-bond acceptors (Lipinski definition) is 6. The van der Waals surface area contributed by atoms with Crippen LogP contribution in [0, 0.1) is 0 Å². The number of nitrogens with one attached hydrogen (secondary N) is 1. The van der Waals surface area contributed by atoms with Gasteiger partial charge >= 0.3 is 6.03 Å². The zero-order valence-electron chi connectivity index (χ0n) is 30.4. The maximum atomic E-state index is 14.4. The van der Waals surface area contributed by atoms with E-state index in [-0.39, 0.29) is 17.4 Å². The molecule has 0 bridgehead atoms. The fourth-order valence-corrected chi connectivity index (χ4v) is 8.49. The highest BCUT2D eigenvalue weighted by molar-refractivity contribution is 6.39. The standard InChI is InChI=1S/C47H39N3O5/c1-54-43-26-30(19-20-42(43)55-29-34-17-10-16-31-15-8-9-18-36(31)34)25-41-45(51)48-47(53)50(46(41)52)35-27-39-37(32-11-4-2-5-12-32)21-23-49-24-22-38(40(28-35)44(39)49)33-13-6-3-7-14-33/h2-20,25-28,37-38H,21-24,29H2,1H3,(H,48,51,53)/b41-25+/t37-,38-/m1/s1. The van der Waals surface area contributed by atoms with Gasteiger partial charge in [0.25, 0.3) is 11.8 Å². The van der Waals surface area contributed by atoms with Crippen molar-refractivity contribution in [1.82, 2.24) is 5.32 Å². The average Bonchev–Trinajstić information content (AvgIpc) is 3.22. The summed E-state index contributed by atoms with van der Waals surface area (Å²) in [6, 6.07) is 43.5. The highest BCUT2D eigenvalue weighted by atomic mass is 16.5. The van der Waals surface area contributed by atoms with Crippen LogP contribution in [0.1, 0.15) is 58.1 Å². The molecule has 272 valence electrons. The quantitative estimate of drug-likeness (QED) is 0.125. The summed E-state index contributed by atoms with van der Waals surface area (Å²) in [6.45, 7) is 2.16. The third-order valence-electron chi connectivity index (χ3n) is 11.1. The van der Waals surface area contributed by atoms with Crippen LogP contribution in [0.15, 0.2) is 139 Å². The molecule has 0 aromatic heterocycles. The van der Waals surface area contributed by atoms with E-state index in [4.69, 9.17) is 9.47 Å². The van der Waals surface area contributed by atoms with Crippen LogP contribution < -0.4 is 24.6 Å².